The van der Waals surface area contributed by atoms with Gasteiger partial charge in [0.05, 0.1) is 36.8 Å². The maximum absolute atomic E-state index is 14.1. The monoisotopic (exact) mass is 1360 g/mol. The molecule has 7 aromatic rings. The van der Waals surface area contributed by atoms with Gasteiger partial charge in [-0.1, -0.05) is 12.2 Å². The molecule has 7 amide bonds. The van der Waals surface area contributed by atoms with E-state index in [-0.39, 0.29) is 67.1 Å². The van der Waals surface area contributed by atoms with Crippen molar-refractivity contribution in [3.05, 3.63) is 100 Å². The molecule has 0 spiro atoms. The molecule has 0 bridgehead atoms. The Labute approximate surface area is 543 Å². The number of aliphatic hydroxyl groups excluding tert-OH is 1. The number of aliphatic hydroxyl groups is 2. The molecule has 480 valence electrons. The molecular weight excluding hydrogens is 1300 g/mol. The Hall–Kier alpha value is -8.64. The number of ether oxygens (including phenoxy) is 4. The predicted octanol–water partition coefficient (Wildman–Crippen LogP) is 7.69. The highest BCUT2D eigenvalue weighted by Gasteiger charge is 2.48. The highest BCUT2D eigenvalue weighted by Crippen LogP contribution is 2.41. The largest absolute Gasteiger partial charge is 0.464 e. The molecule has 0 aliphatic carbocycles. The third kappa shape index (κ3) is 16.5. The molecule has 1 aliphatic rings. The Bertz CT molecular complexity index is 4000. The first kappa shape index (κ1) is 68.3. The molecule has 1 fully saturated rings. The van der Waals surface area contributed by atoms with Crippen molar-refractivity contribution in [1.29, 1.82) is 0 Å². The number of carbonyl (C=O) groups excluding carboxylic acids is 9. The molecule has 8 rings (SSSR count). The average molecular weight is 1360 g/mol. The van der Waals surface area contributed by atoms with Crippen LogP contribution in [0, 0.1) is 0 Å². The minimum absolute atomic E-state index is 0.00201. The van der Waals surface area contributed by atoms with Crippen molar-refractivity contribution in [2.45, 2.75) is 124 Å². The van der Waals surface area contributed by atoms with Gasteiger partial charge < -0.3 is 55.7 Å². The number of allylic oxidation sites excluding steroid dienone is 2. The van der Waals surface area contributed by atoms with E-state index in [0.717, 1.165) is 61.6 Å². The first-order valence-electron chi connectivity index (χ1n) is 27.5. The van der Waals surface area contributed by atoms with Crippen LogP contribution in [0.5, 0.6) is 0 Å². The van der Waals surface area contributed by atoms with Crippen LogP contribution < -0.4 is 26.6 Å². The summed E-state index contributed by atoms with van der Waals surface area (Å²) in [5, 5.41) is 46.0. The van der Waals surface area contributed by atoms with Gasteiger partial charge in [0, 0.05) is 44.8 Å². The molecule has 1 aliphatic heterocycles. The number of thiazole rings is 6. The summed E-state index contributed by atoms with van der Waals surface area (Å²) < 4.78 is 20.8. The van der Waals surface area contributed by atoms with Crippen LogP contribution >= 0.6 is 68.0 Å². The second-order valence-electron chi connectivity index (χ2n) is 21.5. The number of amides is 7. The SMILES string of the molecule is C/C=C(\NC(=O)c1csc(-c2csc(-c3ccc(-c4nc(C(=O)N[C@H](C(=O)N/C(=C\C)c5nc(C(=O)N[C@H](c6nc(C(=O)OC)cs6)C(C)(C)O)cs5)[C@@H](C)O)cs4)c(-c4csc([C@@H]5[C@@H](C)OC(=O)N5C(=O)OC(C)(C)C)n4)n3)n2)n1)C(=O)NC[C@@H](C)OC(C)=O. The minimum Gasteiger partial charge on any atom is -0.464 e. The van der Waals surface area contributed by atoms with E-state index in [1.165, 1.54) is 79.8 Å². The number of nitrogens with zero attached hydrogens (tertiary/aromatic N) is 8. The van der Waals surface area contributed by atoms with Crippen molar-refractivity contribution >= 4 is 127 Å². The summed E-state index contributed by atoms with van der Waals surface area (Å²) in [7, 11) is 1.20. The lowest BCUT2D eigenvalue weighted by Crippen LogP contribution is -2.52. The number of pyridine rings is 1. The van der Waals surface area contributed by atoms with Crippen LogP contribution in [0.25, 0.3) is 49.1 Å². The van der Waals surface area contributed by atoms with Gasteiger partial charge in [-0.05, 0) is 81.4 Å². The van der Waals surface area contributed by atoms with Gasteiger partial charge in [0.2, 0.25) is 5.91 Å². The summed E-state index contributed by atoms with van der Waals surface area (Å²) >= 11 is 6.58. The van der Waals surface area contributed by atoms with Gasteiger partial charge >= 0.3 is 24.1 Å². The Balaban J connectivity index is 1.02. The van der Waals surface area contributed by atoms with E-state index >= 15 is 0 Å². The molecule has 7 aromatic heterocycles. The molecule has 0 unspecified atom stereocenters. The number of hydrogen-bond acceptors (Lipinski definition) is 28. The van der Waals surface area contributed by atoms with Crippen LogP contribution in [0.15, 0.2) is 62.3 Å². The minimum atomic E-state index is -1.55. The Kier molecular flexibility index (Phi) is 21.5. The van der Waals surface area contributed by atoms with E-state index in [9.17, 15) is 53.4 Å². The molecule has 91 heavy (non-hydrogen) atoms. The standard InChI is InChI=1S/C57H61N13O15S6/c1-13-29(42(73)58-17-24(3)83-27(6)72)60-43(74)33-20-88-50(65-33)36-22-89-49(66-36)31-16-15-28(39(59-31)32-18-90-51(62-32)40-26(5)84-54(79)70(40)55(80)85-56(7,8)9)47-63-34(19-86-47)44(75)68-38(25(4)71)46(77)61-30(14-2)48-64-35(21-87-48)45(76)69-41(57(10,11)81)52-67-37(23-91-52)53(78)82-12/h13-16,18-26,38,40-41,71,81H,17H2,1-12H3,(H,58,73)(H,60,74)(H,61,77)(H,68,75)(H,69,76)/b29-13-,30-14-/t24-,25-,26-,38+,40+,41-/m1/s1. The van der Waals surface area contributed by atoms with Gasteiger partial charge in [-0.2, -0.15) is 4.90 Å². The summed E-state index contributed by atoms with van der Waals surface area (Å²) in [6.07, 6.45) is -1.81. The zero-order valence-corrected chi connectivity index (χ0v) is 55.6. The van der Waals surface area contributed by atoms with Gasteiger partial charge in [-0.3, -0.25) is 28.8 Å². The quantitative estimate of drug-likeness (QED) is 0.0194. The van der Waals surface area contributed by atoms with Crippen LogP contribution in [0.4, 0.5) is 9.59 Å². The normalized spacial score (nSPS) is 15.8. The van der Waals surface area contributed by atoms with E-state index in [1.54, 1.807) is 71.4 Å². The molecule has 7 N–H and O–H groups in total. The van der Waals surface area contributed by atoms with E-state index < -0.39 is 101 Å². The zero-order valence-electron chi connectivity index (χ0n) is 50.7. The van der Waals surface area contributed by atoms with Crippen LogP contribution in [-0.4, -0.2) is 153 Å². The lowest BCUT2D eigenvalue weighted by molar-refractivity contribution is -0.145. The smallest absolute Gasteiger partial charge is 0.420 e. The first-order valence-corrected chi connectivity index (χ1v) is 32.7. The fourth-order valence-electron chi connectivity index (χ4n) is 8.43. The van der Waals surface area contributed by atoms with Gasteiger partial charge in [-0.25, -0.2) is 49.3 Å². The molecule has 28 nitrogen and oxygen atoms in total. The number of nitrogens with one attached hydrogen (secondary N) is 5. The van der Waals surface area contributed by atoms with Crippen molar-refractivity contribution < 1.29 is 72.3 Å². The van der Waals surface area contributed by atoms with Gasteiger partial charge in [-0.15, -0.1) is 68.0 Å². The molecule has 34 heteroatoms. The number of methoxy groups -OCH3 is 1. The highest BCUT2D eigenvalue weighted by molar-refractivity contribution is 7.15. The molecule has 0 aromatic carbocycles. The summed E-state index contributed by atoms with van der Waals surface area (Å²) in [5.74, 6) is -4.84. The number of cyclic esters (lactones) is 1. The third-order valence-electron chi connectivity index (χ3n) is 12.8. The summed E-state index contributed by atoms with van der Waals surface area (Å²) in [6, 6.07) is -0.242. The number of esters is 2. The third-order valence-corrected chi connectivity index (χ3v) is 18.1. The molecule has 0 radical (unpaired) electrons. The maximum Gasteiger partial charge on any atom is 0.420 e. The average Bonchev–Trinajstić information content (AvgIpc) is 1.88. The van der Waals surface area contributed by atoms with Crippen molar-refractivity contribution in [2.24, 2.45) is 0 Å². The molecule has 6 atom stereocenters. The molecular formula is C57H61N13O15S6. The lowest BCUT2D eigenvalue weighted by Gasteiger charge is -2.28. The van der Waals surface area contributed by atoms with Crippen molar-refractivity contribution in [3.8, 4) is 43.4 Å². The summed E-state index contributed by atoms with van der Waals surface area (Å²) in [4.78, 5) is 151. The Morgan fingerprint density at radius 3 is 2.01 bits per heavy atom. The van der Waals surface area contributed by atoms with E-state index in [4.69, 9.17) is 33.9 Å². The number of imide groups is 1. The van der Waals surface area contributed by atoms with Crippen LogP contribution in [0.3, 0.4) is 0 Å². The fourth-order valence-corrected chi connectivity index (χ4v) is 13.7. The number of hydrogen-bond donors (Lipinski definition) is 7. The molecule has 1 saturated heterocycles. The highest BCUT2D eigenvalue weighted by atomic mass is 32.1. The van der Waals surface area contributed by atoms with Crippen LogP contribution in [0.2, 0.25) is 0 Å². The molecule has 0 saturated carbocycles. The Morgan fingerprint density at radius 2 is 1.35 bits per heavy atom. The lowest BCUT2D eigenvalue weighted by atomic mass is 9.99. The summed E-state index contributed by atoms with van der Waals surface area (Å²) in [6.45, 7) is 16.9. The second-order valence-corrected chi connectivity index (χ2v) is 26.7. The van der Waals surface area contributed by atoms with E-state index in [0.29, 0.717) is 32.0 Å². The first-order chi connectivity index (χ1) is 43.0. The number of aromatic nitrogens is 7. The summed E-state index contributed by atoms with van der Waals surface area (Å²) in [5.41, 5.74) is -0.948. The zero-order chi connectivity index (χ0) is 66.4. The van der Waals surface area contributed by atoms with Crippen LogP contribution in [-0.2, 0) is 33.3 Å². The van der Waals surface area contributed by atoms with Gasteiger partial charge in [0.1, 0.15) is 106 Å². The van der Waals surface area contributed by atoms with Gasteiger partial charge in [0.25, 0.3) is 23.6 Å². The fraction of sp³-hybridized carbons (Fsp3) is 0.368. The van der Waals surface area contributed by atoms with Crippen molar-refractivity contribution in [1.82, 2.24) is 66.4 Å². The maximum atomic E-state index is 14.1. The van der Waals surface area contributed by atoms with Crippen molar-refractivity contribution in [2.75, 3.05) is 13.7 Å². The number of rotatable bonds is 22. The second kappa shape index (κ2) is 28.7. The topological polar surface area (TPSA) is 385 Å². The van der Waals surface area contributed by atoms with Crippen molar-refractivity contribution in [3.63, 3.8) is 0 Å². The predicted molar refractivity (Wildman–Crippen MR) is 338 cm³/mol. The van der Waals surface area contributed by atoms with Crippen LogP contribution in [0.1, 0.15) is 145 Å². The van der Waals surface area contributed by atoms with E-state index in [2.05, 4.69) is 46.5 Å². The number of carbonyl (C=O) groups is 9. The van der Waals surface area contributed by atoms with Gasteiger partial charge in [0.15, 0.2) is 5.69 Å². The van der Waals surface area contributed by atoms with E-state index in [1.807, 2.05) is 0 Å². The Morgan fingerprint density at radius 1 is 0.725 bits per heavy atom. The molecule has 8 heterocycles.